The number of benzene rings is 1. The molecule has 1 aromatic rings. The number of likely N-dealkylation sites (N-methyl/N-ethyl adjacent to an activating group) is 1. The van der Waals surface area contributed by atoms with Gasteiger partial charge in [-0.15, -0.1) is 0 Å². The zero-order valence-corrected chi connectivity index (χ0v) is 11.4. The monoisotopic (exact) mass is 269 g/mol. The van der Waals surface area contributed by atoms with E-state index in [1.165, 1.54) is 6.07 Å². The zero-order chi connectivity index (χ0) is 14.5. The second-order valence-corrected chi connectivity index (χ2v) is 5.00. The van der Waals surface area contributed by atoms with Crippen molar-refractivity contribution >= 4 is 5.69 Å². The van der Waals surface area contributed by atoms with Crippen LogP contribution in [0.3, 0.4) is 0 Å². The molecule has 2 N–H and O–H groups in total. The Morgan fingerprint density at radius 3 is 2.32 bits per heavy atom. The van der Waals surface area contributed by atoms with Crippen molar-refractivity contribution in [1.82, 2.24) is 0 Å². The molecule has 19 heavy (non-hydrogen) atoms. The number of quaternary nitrogens is 1. The van der Waals surface area contributed by atoms with Gasteiger partial charge in [0.25, 0.3) is 5.69 Å². The van der Waals surface area contributed by atoms with Crippen LogP contribution in [-0.2, 0) is 6.54 Å². The molecule has 0 radical (unpaired) electrons. The Hall–Kier alpha value is -1.50. The Bertz CT molecular complexity index is 442. The van der Waals surface area contributed by atoms with Crippen LogP contribution in [0, 0.1) is 17.0 Å². The maximum atomic E-state index is 11.1. The number of aryl methyl sites for hydroxylation is 1. The van der Waals surface area contributed by atoms with Crippen molar-refractivity contribution in [2.75, 3.05) is 33.4 Å². The highest BCUT2D eigenvalue weighted by atomic mass is 16.6. The Kier molecular flexibility index (Phi) is 5.41. The fourth-order valence-corrected chi connectivity index (χ4v) is 2.20. The van der Waals surface area contributed by atoms with E-state index in [2.05, 4.69) is 0 Å². The molecule has 0 fully saturated rings. The van der Waals surface area contributed by atoms with E-state index >= 15 is 0 Å². The third-order valence-electron chi connectivity index (χ3n) is 3.40. The molecule has 6 heteroatoms. The molecule has 0 heterocycles. The van der Waals surface area contributed by atoms with Gasteiger partial charge in [-0.3, -0.25) is 10.1 Å². The summed E-state index contributed by atoms with van der Waals surface area (Å²) >= 11 is 0. The van der Waals surface area contributed by atoms with E-state index in [4.69, 9.17) is 10.2 Å². The average Bonchev–Trinajstić information content (AvgIpc) is 2.32. The number of nitro benzene ring substituents is 1. The standard InChI is InChI=1S/C13H21N2O4/c1-11-4-3-5-13(14(18)19)12(11)10-15(2,6-8-16)7-9-17/h3-5,16-17H,6-10H2,1-2H3/q+1. The SMILES string of the molecule is Cc1cccc([N+](=O)[O-])c1C[N+](C)(CCO)CCO. The summed E-state index contributed by atoms with van der Waals surface area (Å²) in [6.45, 7) is 3.12. The predicted molar refractivity (Wildman–Crippen MR) is 71.6 cm³/mol. The topological polar surface area (TPSA) is 83.6 Å². The number of hydrogen-bond acceptors (Lipinski definition) is 4. The molecule has 0 amide bonds. The van der Waals surface area contributed by atoms with Gasteiger partial charge in [-0.1, -0.05) is 12.1 Å². The normalized spacial score (nSPS) is 11.6. The van der Waals surface area contributed by atoms with Crippen LogP contribution >= 0.6 is 0 Å². The lowest BCUT2D eigenvalue weighted by molar-refractivity contribution is -0.923. The quantitative estimate of drug-likeness (QED) is 0.436. The van der Waals surface area contributed by atoms with Crippen molar-refractivity contribution in [2.45, 2.75) is 13.5 Å². The largest absolute Gasteiger partial charge is 0.391 e. The summed E-state index contributed by atoms with van der Waals surface area (Å²) in [7, 11) is 1.88. The van der Waals surface area contributed by atoms with Gasteiger partial charge in [0.1, 0.15) is 19.6 Å². The maximum absolute atomic E-state index is 11.1. The summed E-state index contributed by atoms with van der Waals surface area (Å²) in [5, 5.41) is 29.3. The van der Waals surface area contributed by atoms with Crippen molar-refractivity contribution in [1.29, 1.82) is 0 Å². The van der Waals surface area contributed by atoms with E-state index < -0.39 is 0 Å². The molecule has 6 nitrogen and oxygen atoms in total. The van der Waals surface area contributed by atoms with E-state index in [0.717, 1.165) is 5.56 Å². The van der Waals surface area contributed by atoms with E-state index in [-0.39, 0.29) is 23.8 Å². The number of aliphatic hydroxyl groups excluding tert-OH is 2. The number of hydrogen-bond donors (Lipinski definition) is 2. The van der Waals surface area contributed by atoms with Crippen LogP contribution in [0.4, 0.5) is 5.69 Å². The lowest BCUT2D eigenvalue weighted by Gasteiger charge is -2.33. The van der Waals surface area contributed by atoms with Gasteiger partial charge in [0, 0.05) is 6.07 Å². The van der Waals surface area contributed by atoms with E-state index in [1.54, 1.807) is 6.07 Å². The first kappa shape index (κ1) is 15.6. The molecule has 0 aliphatic rings. The van der Waals surface area contributed by atoms with E-state index in [9.17, 15) is 10.1 Å². The summed E-state index contributed by atoms with van der Waals surface area (Å²) in [5.74, 6) is 0. The summed E-state index contributed by atoms with van der Waals surface area (Å²) < 4.78 is 0.374. The minimum absolute atomic E-state index is 0.0177. The smallest absolute Gasteiger partial charge is 0.278 e. The van der Waals surface area contributed by atoms with Gasteiger partial charge < -0.3 is 14.7 Å². The Morgan fingerprint density at radius 1 is 1.26 bits per heavy atom. The van der Waals surface area contributed by atoms with E-state index in [1.807, 2.05) is 20.0 Å². The third kappa shape index (κ3) is 3.99. The van der Waals surface area contributed by atoms with Gasteiger partial charge in [-0.05, 0) is 12.5 Å². The second-order valence-electron chi connectivity index (χ2n) is 5.00. The third-order valence-corrected chi connectivity index (χ3v) is 3.40. The Balaban J connectivity index is 3.11. The molecule has 106 valence electrons. The molecular weight excluding hydrogens is 248 g/mol. The van der Waals surface area contributed by atoms with Crippen LogP contribution in [-0.4, -0.2) is 53.0 Å². The summed E-state index contributed by atoms with van der Waals surface area (Å²) in [4.78, 5) is 10.7. The molecular formula is C13H21N2O4+. The summed E-state index contributed by atoms with van der Waals surface area (Å²) in [6.07, 6.45) is 0. The first-order chi connectivity index (χ1) is 8.93. The molecule has 0 bridgehead atoms. The summed E-state index contributed by atoms with van der Waals surface area (Å²) in [5.41, 5.74) is 1.62. The predicted octanol–water partition coefficient (Wildman–Crippen LogP) is 0.834. The maximum Gasteiger partial charge on any atom is 0.278 e. The average molecular weight is 269 g/mol. The fourth-order valence-electron chi connectivity index (χ4n) is 2.20. The number of nitro groups is 1. The number of nitrogens with zero attached hydrogens (tertiary/aromatic N) is 2. The van der Waals surface area contributed by atoms with Crippen molar-refractivity contribution in [2.24, 2.45) is 0 Å². The molecule has 0 saturated carbocycles. The summed E-state index contributed by atoms with van der Waals surface area (Å²) in [6, 6.07) is 4.99. The molecule has 0 aromatic heterocycles. The van der Waals surface area contributed by atoms with Crippen LogP contribution in [0.15, 0.2) is 18.2 Å². The highest BCUT2D eigenvalue weighted by Gasteiger charge is 2.27. The van der Waals surface area contributed by atoms with Crippen LogP contribution in [0.5, 0.6) is 0 Å². The van der Waals surface area contributed by atoms with Crippen molar-refractivity contribution < 1.29 is 19.6 Å². The molecule has 1 aromatic carbocycles. The Labute approximate surface area is 112 Å². The fraction of sp³-hybridized carbons (Fsp3) is 0.538. The Morgan fingerprint density at radius 2 is 1.84 bits per heavy atom. The van der Waals surface area contributed by atoms with Gasteiger partial charge in [0.2, 0.25) is 0 Å². The van der Waals surface area contributed by atoms with Crippen molar-refractivity contribution in [3.8, 4) is 0 Å². The van der Waals surface area contributed by atoms with Crippen LogP contribution < -0.4 is 0 Å². The molecule has 0 spiro atoms. The van der Waals surface area contributed by atoms with Crippen LogP contribution in [0.1, 0.15) is 11.1 Å². The van der Waals surface area contributed by atoms with Crippen molar-refractivity contribution in [3.63, 3.8) is 0 Å². The lowest BCUT2D eigenvalue weighted by Crippen LogP contribution is -2.47. The van der Waals surface area contributed by atoms with Gasteiger partial charge >= 0.3 is 0 Å². The molecule has 1 rings (SSSR count). The minimum atomic E-state index is -0.384. The van der Waals surface area contributed by atoms with E-state index in [0.29, 0.717) is 29.7 Å². The molecule has 0 saturated heterocycles. The molecule has 0 atom stereocenters. The van der Waals surface area contributed by atoms with Gasteiger partial charge in [0.05, 0.1) is 30.7 Å². The van der Waals surface area contributed by atoms with Gasteiger partial charge in [-0.25, -0.2) is 0 Å². The highest BCUT2D eigenvalue weighted by molar-refractivity contribution is 5.44. The van der Waals surface area contributed by atoms with Crippen molar-refractivity contribution in [3.05, 3.63) is 39.4 Å². The van der Waals surface area contributed by atoms with Crippen LogP contribution in [0.2, 0.25) is 0 Å². The molecule has 0 unspecified atom stereocenters. The zero-order valence-electron chi connectivity index (χ0n) is 11.4. The molecule has 0 aliphatic heterocycles. The molecule has 0 aliphatic carbocycles. The van der Waals surface area contributed by atoms with Gasteiger partial charge in [0.15, 0.2) is 0 Å². The lowest BCUT2D eigenvalue weighted by atomic mass is 10.1. The highest BCUT2D eigenvalue weighted by Crippen LogP contribution is 2.25. The second kappa shape index (κ2) is 6.60. The first-order valence-electron chi connectivity index (χ1n) is 6.21. The number of aliphatic hydroxyl groups is 2. The first-order valence-corrected chi connectivity index (χ1v) is 6.21. The number of rotatable bonds is 7. The van der Waals surface area contributed by atoms with Gasteiger partial charge in [-0.2, -0.15) is 0 Å². The minimum Gasteiger partial charge on any atom is -0.391 e. The van der Waals surface area contributed by atoms with Crippen LogP contribution in [0.25, 0.3) is 0 Å².